The van der Waals surface area contributed by atoms with E-state index in [4.69, 9.17) is 0 Å². The number of para-hydroxylation sites is 1. The van der Waals surface area contributed by atoms with Crippen LogP contribution in [0.15, 0.2) is 121 Å². The first-order valence-corrected chi connectivity index (χ1v) is 14.7. The number of rotatable bonds is 3. The molecule has 4 heteroatoms. The molecule has 0 radical (unpaired) electrons. The van der Waals surface area contributed by atoms with E-state index in [0.29, 0.717) is 16.8 Å². The lowest BCUT2D eigenvalue weighted by Crippen LogP contribution is -2.15. The highest BCUT2D eigenvalue weighted by atomic mass is 15.0. The first-order valence-electron chi connectivity index (χ1n) is 14.7. The summed E-state index contributed by atoms with van der Waals surface area (Å²) in [5, 5.41) is 22.7. The molecule has 8 rings (SSSR count). The summed E-state index contributed by atoms with van der Waals surface area (Å²) in [7, 11) is 0. The van der Waals surface area contributed by atoms with Crippen molar-refractivity contribution in [1.82, 2.24) is 9.55 Å². The average molecular weight is 563 g/mol. The molecule has 0 amide bonds. The van der Waals surface area contributed by atoms with Gasteiger partial charge in [0.1, 0.15) is 17.8 Å². The van der Waals surface area contributed by atoms with Crippen LogP contribution >= 0.6 is 0 Å². The van der Waals surface area contributed by atoms with Crippen LogP contribution in [-0.2, 0) is 5.41 Å². The van der Waals surface area contributed by atoms with Crippen molar-refractivity contribution >= 4 is 21.8 Å². The Morgan fingerprint density at radius 2 is 1.36 bits per heavy atom. The molecule has 206 valence electrons. The summed E-state index contributed by atoms with van der Waals surface area (Å²) in [5.74, 6) is 0. The van der Waals surface area contributed by atoms with Crippen molar-refractivity contribution in [2.24, 2.45) is 0 Å². The van der Waals surface area contributed by atoms with E-state index in [1.807, 2.05) is 60.7 Å². The van der Waals surface area contributed by atoms with Gasteiger partial charge in [0.2, 0.25) is 0 Å². The summed E-state index contributed by atoms with van der Waals surface area (Å²) in [6.07, 6.45) is 1.73. The van der Waals surface area contributed by atoms with Crippen LogP contribution in [0, 0.1) is 22.7 Å². The molecule has 0 fully saturated rings. The number of hydrogen-bond acceptors (Lipinski definition) is 3. The van der Waals surface area contributed by atoms with Gasteiger partial charge in [-0.3, -0.25) is 0 Å². The Morgan fingerprint density at radius 3 is 2.18 bits per heavy atom. The Kier molecular flexibility index (Phi) is 5.57. The maximum atomic E-state index is 10.5. The Balaban J connectivity index is 1.35. The molecule has 0 atom stereocenters. The molecule has 0 unspecified atom stereocenters. The second kappa shape index (κ2) is 9.53. The minimum absolute atomic E-state index is 0.145. The van der Waals surface area contributed by atoms with E-state index in [9.17, 15) is 10.5 Å². The van der Waals surface area contributed by atoms with Gasteiger partial charge in [-0.05, 0) is 69.8 Å². The molecule has 2 aromatic heterocycles. The molecule has 0 spiro atoms. The molecule has 7 aromatic rings. The number of hydrogen-bond donors (Lipinski definition) is 0. The van der Waals surface area contributed by atoms with Crippen molar-refractivity contribution < 1.29 is 0 Å². The van der Waals surface area contributed by atoms with Gasteiger partial charge >= 0.3 is 0 Å². The Hall–Kier alpha value is -5.97. The van der Waals surface area contributed by atoms with E-state index >= 15 is 0 Å². The fourth-order valence-corrected chi connectivity index (χ4v) is 6.97. The van der Waals surface area contributed by atoms with Crippen LogP contribution < -0.4 is 0 Å². The summed E-state index contributed by atoms with van der Waals surface area (Å²) >= 11 is 0. The molecule has 1 aliphatic rings. The van der Waals surface area contributed by atoms with Gasteiger partial charge in [0, 0.05) is 33.5 Å². The number of nitrogens with zero attached hydrogens (tertiary/aromatic N) is 4. The third-order valence-electron chi connectivity index (χ3n) is 9.15. The van der Waals surface area contributed by atoms with Gasteiger partial charge in [-0.2, -0.15) is 10.5 Å². The molecular weight excluding hydrogens is 536 g/mol. The van der Waals surface area contributed by atoms with Crippen molar-refractivity contribution in [1.29, 1.82) is 10.5 Å². The molecule has 0 aliphatic heterocycles. The normalized spacial score (nSPS) is 12.9. The van der Waals surface area contributed by atoms with Crippen LogP contribution in [0.1, 0.15) is 36.2 Å². The van der Waals surface area contributed by atoms with Crippen LogP contribution in [-0.4, -0.2) is 9.55 Å². The number of pyridine rings is 1. The molecule has 0 N–H and O–H groups in total. The van der Waals surface area contributed by atoms with E-state index in [-0.39, 0.29) is 5.41 Å². The summed E-state index contributed by atoms with van der Waals surface area (Å²) in [5.41, 5.74) is 12.2. The monoisotopic (exact) mass is 562 g/mol. The Bertz CT molecular complexity index is 2380. The van der Waals surface area contributed by atoms with E-state index in [0.717, 1.165) is 44.2 Å². The van der Waals surface area contributed by atoms with Gasteiger partial charge in [-0.25, -0.2) is 4.98 Å². The number of fused-ring (bicyclic) bond motifs is 6. The van der Waals surface area contributed by atoms with E-state index < -0.39 is 0 Å². The van der Waals surface area contributed by atoms with Gasteiger partial charge < -0.3 is 4.57 Å². The largest absolute Gasteiger partial charge is 0.308 e. The van der Waals surface area contributed by atoms with Gasteiger partial charge in [-0.15, -0.1) is 0 Å². The first-order chi connectivity index (χ1) is 21.5. The average Bonchev–Trinajstić information content (AvgIpc) is 3.51. The fourth-order valence-electron chi connectivity index (χ4n) is 6.97. The molecule has 4 nitrogen and oxygen atoms in total. The zero-order valence-electron chi connectivity index (χ0n) is 24.3. The molecule has 0 saturated heterocycles. The van der Waals surface area contributed by atoms with Crippen molar-refractivity contribution in [3.05, 3.63) is 144 Å². The fraction of sp³-hybridized carbons (Fsp3) is 0.0750. The summed E-state index contributed by atoms with van der Waals surface area (Å²) < 4.78 is 2.22. The molecule has 5 aromatic carbocycles. The third kappa shape index (κ3) is 3.65. The van der Waals surface area contributed by atoms with Crippen LogP contribution in [0.5, 0.6) is 0 Å². The van der Waals surface area contributed by atoms with Gasteiger partial charge in [0.25, 0.3) is 0 Å². The SMILES string of the molecule is CC1(C)c2ccccc2-c2cc3c4ccccc4n(-c4ccc(-c5cc(-c6ccccc6)cnc5C#N)cc4C#N)c3cc21. The zero-order valence-corrected chi connectivity index (χ0v) is 24.3. The van der Waals surface area contributed by atoms with Crippen LogP contribution in [0.4, 0.5) is 0 Å². The van der Waals surface area contributed by atoms with E-state index in [1.165, 1.54) is 22.3 Å². The Morgan fingerprint density at radius 1 is 0.591 bits per heavy atom. The van der Waals surface area contributed by atoms with Gasteiger partial charge in [-0.1, -0.05) is 92.7 Å². The quantitative estimate of drug-likeness (QED) is 0.215. The first kappa shape index (κ1) is 25.7. The molecule has 0 bridgehead atoms. The predicted octanol–water partition coefficient (Wildman–Crippen LogP) is 9.56. The minimum Gasteiger partial charge on any atom is -0.308 e. The van der Waals surface area contributed by atoms with Crippen molar-refractivity contribution in [3.63, 3.8) is 0 Å². The van der Waals surface area contributed by atoms with E-state index in [1.54, 1.807) is 6.20 Å². The van der Waals surface area contributed by atoms with Crippen molar-refractivity contribution in [2.75, 3.05) is 0 Å². The number of benzene rings is 5. The third-order valence-corrected chi connectivity index (χ3v) is 9.15. The molecular formula is C40H26N4. The summed E-state index contributed by atoms with van der Waals surface area (Å²) in [6, 6.07) is 44.3. The maximum absolute atomic E-state index is 10.5. The molecule has 2 heterocycles. The molecule has 1 aliphatic carbocycles. The second-order valence-corrected chi connectivity index (χ2v) is 11.9. The lowest BCUT2D eigenvalue weighted by atomic mass is 9.82. The maximum Gasteiger partial charge on any atom is 0.148 e. The van der Waals surface area contributed by atoms with E-state index in [2.05, 4.69) is 90.1 Å². The number of nitriles is 2. The zero-order chi connectivity index (χ0) is 30.0. The van der Waals surface area contributed by atoms with Crippen LogP contribution in [0.25, 0.3) is 60.9 Å². The summed E-state index contributed by atoms with van der Waals surface area (Å²) in [6.45, 7) is 4.58. The van der Waals surface area contributed by atoms with Crippen LogP contribution in [0.3, 0.4) is 0 Å². The van der Waals surface area contributed by atoms with Crippen molar-refractivity contribution in [3.8, 4) is 51.2 Å². The second-order valence-electron chi connectivity index (χ2n) is 11.9. The topological polar surface area (TPSA) is 65.4 Å². The Labute approximate surface area is 255 Å². The van der Waals surface area contributed by atoms with Gasteiger partial charge in [0.05, 0.1) is 22.3 Å². The lowest BCUT2D eigenvalue weighted by Gasteiger charge is -2.21. The molecule has 44 heavy (non-hydrogen) atoms. The van der Waals surface area contributed by atoms with Gasteiger partial charge in [0.15, 0.2) is 0 Å². The highest BCUT2D eigenvalue weighted by Crippen LogP contribution is 2.51. The van der Waals surface area contributed by atoms with Crippen molar-refractivity contribution in [2.45, 2.75) is 19.3 Å². The summed E-state index contributed by atoms with van der Waals surface area (Å²) in [4.78, 5) is 4.47. The molecule has 0 saturated carbocycles. The lowest BCUT2D eigenvalue weighted by molar-refractivity contribution is 0.661. The standard InChI is InChI=1S/C40H26N4/c1-40(2)34-14-8-6-12-29(34)32-20-33-30-13-7-9-15-38(30)44(39(33)21-35(32)40)37-17-16-26(18-27(37)22-41)31-19-28(24-43-36(31)23-42)25-10-4-3-5-11-25/h3-21,24H,1-2H3. The highest BCUT2D eigenvalue weighted by molar-refractivity contribution is 6.11. The highest BCUT2D eigenvalue weighted by Gasteiger charge is 2.36. The minimum atomic E-state index is -0.145. The van der Waals surface area contributed by atoms with Crippen LogP contribution in [0.2, 0.25) is 0 Å². The predicted molar refractivity (Wildman–Crippen MR) is 176 cm³/mol. The smallest absolute Gasteiger partial charge is 0.148 e. The number of aromatic nitrogens is 2.